The van der Waals surface area contributed by atoms with Crippen molar-refractivity contribution in [3.05, 3.63) is 70.8 Å². The van der Waals surface area contributed by atoms with Crippen LogP contribution >= 0.6 is 0 Å². The Morgan fingerprint density at radius 3 is 2.16 bits per heavy atom. The van der Waals surface area contributed by atoms with E-state index in [1.54, 1.807) is 0 Å². The molecule has 1 saturated heterocycles. The van der Waals surface area contributed by atoms with Gasteiger partial charge in [-0.3, -0.25) is 4.79 Å². The van der Waals surface area contributed by atoms with Crippen molar-refractivity contribution in [2.24, 2.45) is 0 Å². The third-order valence-corrected chi connectivity index (χ3v) is 5.95. The number of aromatic nitrogens is 2. The predicted octanol–water partition coefficient (Wildman–Crippen LogP) is 4.10. The van der Waals surface area contributed by atoms with Crippen molar-refractivity contribution in [1.29, 1.82) is 0 Å². The molecule has 2 aromatic carbocycles. The molecular formula is C26H30N4O2. The minimum absolute atomic E-state index is 0.0147. The van der Waals surface area contributed by atoms with Crippen LogP contribution in [0, 0.1) is 27.7 Å². The minimum atomic E-state index is 0.0147. The van der Waals surface area contributed by atoms with Gasteiger partial charge in [0.05, 0.1) is 5.69 Å². The molecule has 0 N–H and O–H groups in total. The van der Waals surface area contributed by atoms with Crippen molar-refractivity contribution >= 4 is 11.7 Å². The molecule has 166 valence electrons. The normalized spacial score (nSPS) is 13.9. The number of hydrogen-bond donors (Lipinski definition) is 0. The first-order valence-electron chi connectivity index (χ1n) is 11.0. The van der Waals surface area contributed by atoms with Gasteiger partial charge in [0.25, 0.3) is 5.91 Å². The lowest BCUT2D eigenvalue weighted by Gasteiger charge is -2.35. The summed E-state index contributed by atoms with van der Waals surface area (Å²) in [6.45, 7) is 11.0. The summed E-state index contributed by atoms with van der Waals surface area (Å²) in [4.78, 5) is 16.6. The number of anilines is 1. The van der Waals surface area contributed by atoms with Gasteiger partial charge in [-0.25, -0.2) is 0 Å². The van der Waals surface area contributed by atoms with Crippen LogP contribution in [-0.4, -0.2) is 53.8 Å². The molecule has 0 unspecified atom stereocenters. The summed E-state index contributed by atoms with van der Waals surface area (Å²) in [7, 11) is 0. The molecule has 4 rings (SSSR count). The fourth-order valence-electron chi connectivity index (χ4n) is 4.12. The highest BCUT2D eigenvalue weighted by Crippen LogP contribution is 2.24. The van der Waals surface area contributed by atoms with E-state index in [1.165, 1.54) is 16.7 Å². The molecule has 0 spiro atoms. The van der Waals surface area contributed by atoms with Gasteiger partial charge in [-0.05, 0) is 57.0 Å². The molecular weight excluding hydrogens is 400 g/mol. The molecule has 1 aliphatic rings. The van der Waals surface area contributed by atoms with Gasteiger partial charge in [-0.15, -0.1) is 10.2 Å². The van der Waals surface area contributed by atoms with Crippen molar-refractivity contribution in [2.45, 2.75) is 27.7 Å². The number of benzene rings is 2. The first-order valence-corrected chi connectivity index (χ1v) is 11.0. The number of nitrogens with zero attached hydrogens (tertiary/aromatic N) is 4. The van der Waals surface area contributed by atoms with Gasteiger partial charge in [0.1, 0.15) is 5.75 Å². The van der Waals surface area contributed by atoms with E-state index in [-0.39, 0.29) is 12.5 Å². The Labute approximate surface area is 189 Å². The van der Waals surface area contributed by atoms with Gasteiger partial charge < -0.3 is 14.5 Å². The molecule has 0 bridgehead atoms. The molecule has 1 aliphatic heterocycles. The molecule has 6 heteroatoms. The van der Waals surface area contributed by atoms with Crippen molar-refractivity contribution in [3.8, 4) is 17.0 Å². The molecule has 0 aliphatic carbocycles. The van der Waals surface area contributed by atoms with Crippen LogP contribution in [0.25, 0.3) is 11.3 Å². The number of rotatable bonds is 5. The quantitative estimate of drug-likeness (QED) is 0.610. The van der Waals surface area contributed by atoms with E-state index in [4.69, 9.17) is 4.74 Å². The molecule has 3 aromatic rings. The fraction of sp³-hybridized carbons (Fsp3) is 0.346. The lowest BCUT2D eigenvalue weighted by molar-refractivity contribution is -0.133. The average Bonchev–Trinajstić information content (AvgIpc) is 2.79. The van der Waals surface area contributed by atoms with E-state index >= 15 is 0 Å². The number of amides is 1. The standard InChI is InChI=1S/C26H30N4O2/c1-18-5-7-22(20(3)15-18)23-8-10-25(28-27-23)29-11-13-30(14-12-29)26(31)17-32-24-9-6-19(2)16-21(24)4/h5-10,15-16H,11-14,17H2,1-4H3. The SMILES string of the molecule is Cc1ccc(OCC(=O)N2CCN(c3ccc(-c4ccc(C)cc4C)nn3)CC2)c(C)c1. The number of ether oxygens (including phenoxy) is 1. The van der Waals surface area contributed by atoms with E-state index in [1.807, 2.05) is 43.0 Å². The van der Waals surface area contributed by atoms with Gasteiger partial charge in [0.2, 0.25) is 0 Å². The van der Waals surface area contributed by atoms with E-state index in [0.717, 1.165) is 41.5 Å². The lowest BCUT2D eigenvalue weighted by Crippen LogP contribution is -2.50. The van der Waals surface area contributed by atoms with Gasteiger partial charge >= 0.3 is 0 Å². The predicted molar refractivity (Wildman–Crippen MR) is 127 cm³/mol. The Bertz CT molecular complexity index is 1100. The molecule has 1 amide bonds. The Morgan fingerprint density at radius 2 is 1.53 bits per heavy atom. The lowest BCUT2D eigenvalue weighted by atomic mass is 10.0. The number of piperazine rings is 1. The van der Waals surface area contributed by atoms with Gasteiger partial charge in [0, 0.05) is 31.7 Å². The van der Waals surface area contributed by atoms with Crippen LogP contribution in [0.5, 0.6) is 5.75 Å². The van der Waals surface area contributed by atoms with Crippen LogP contribution in [0.1, 0.15) is 22.3 Å². The summed E-state index contributed by atoms with van der Waals surface area (Å²) >= 11 is 0. The Kier molecular flexibility index (Phi) is 6.40. The summed E-state index contributed by atoms with van der Waals surface area (Å²) in [6.07, 6.45) is 0. The molecule has 2 heterocycles. The maximum atomic E-state index is 12.6. The smallest absolute Gasteiger partial charge is 0.260 e. The second-order valence-electron chi connectivity index (χ2n) is 8.52. The second kappa shape index (κ2) is 9.39. The Morgan fingerprint density at radius 1 is 0.844 bits per heavy atom. The van der Waals surface area contributed by atoms with Gasteiger partial charge in [-0.2, -0.15) is 0 Å². The highest BCUT2D eigenvalue weighted by Gasteiger charge is 2.22. The topological polar surface area (TPSA) is 58.6 Å². The van der Waals surface area contributed by atoms with Crippen LogP contribution in [0.3, 0.4) is 0 Å². The van der Waals surface area contributed by atoms with E-state index in [9.17, 15) is 4.79 Å². The summed E-state index contributed by atoms with van der Waals surface area (Å²) in [5.41, 5.74) is 6.65. The van der Waals surface area contributed by atoms with Gasteiger partial charge in [-0.1, -0.05) is 41.5 Å². The number of hydrogen-bond acceptors (Lipinski definition) is 5. The minimum Gasteiger partial charge on any atom is -0.484 e. The first kappa shape index (κ1) is 21.8. The molecule has 0 saturated carbocycles. The number of carbonyl (C=O) groups is 1. The van der Waals surface area contributed by atoms with Crippen molar-refractivity contribution in [1.82, 2.24) is 15.1 Å². The monoisotopic (exact) mass is 430 g/mol. The molecule has 0 atom stereocenters. The molecule has 32 heavy (non-hydrogen) atoms. The van der Waals surface area contributed by atoms with E-state index < -0.39 is 0 Å². The zero-order chi connectivity index (χ0) is 22.7. The number of carbonyl (C=O) groups excluding carboxylic acids is 1. The largest absolute Gasteiger partial charge is 0.484 e. The summed E-state index contributed by atoms with van der Waals surface area (Å²) in [5.74, 6) is 1.62. The average molecular weight is 431 g/mol. The van der Waals surface area contributed by atoms with Crippen molar-refractivity contribution in [3.63, 3.8) is 0 Å². The summed E-state index contributed by atoms with van der Waals surface area (Å²) in [6, 6.07) is 16.4. The van der Waals surface area contributed by atoms with Crippen LogP contribution in [0.4, 0.5) is 5.82 Å². The fourth-order valence-corrected chi connectivity index (χ4v) is 4.12. The van der Waals surface area contributed by atoms with Crippen molar-refractivity contribution < 1.29 is 9.53 Å². The zero-order valence-corrected chi connectivity index (χ0v) is 19.3. The second-order valence-corrected chi connectivity index (χ2v) is 8.52. The zero-order valence-electron chi connectivity index (χ0n) is 19.3. The summed E-state index contributed by atoms with van der Waals surface area (Å²) in [5, 5.41) is 8.91. The highest BCUT2D eigenvalue weighted by atomic mass is 16.5. The maximum Gasteiger partial charge on any atom is 0.260 e. The van der Waals surface area contributed by atoms with Crippen LogP contribution in [-0.2, 0) is 4.79 Å². The van der Waals surface area contributed by atoms with E-state index in [2.05, 4.69) is 53.2 Å². The first-order chi connectivity index (χ1) is 15.4. The van der Waals surface area contributed by atoms with E-state index in [0.29, 0.717) is 13.1 Å². The highest BCUT2D eigenvalue weighted by molar-refractivity contribution is 5.78. The summed E-state index contributed by atoms with van der Waals surface area (Å²) < 4.78 is 5.76. The van der Waals surface area contributed by atoms with Crippen LogP contribution in [0.15, 0.2) is 48.5 Å². The maximum absolute atomic E-state index is 12.6. The number of aryl methyl sites for hydroxylation is 4. The van der Waals surface area contributed by atoms with Crippen molar-refractivity contribution in [2.75, 3.05) is 37.7 Å². The molecule has 0 radical (unpaired) electrons. The molecule has 1 fully saturated rings. The van der Waals surface area contributed by atoms with Crippen LogP contribution < -0.4 is 9.64 Å². The third-order valence-electron chi connectivity index (χ3n) is 5.95. The molecule has 1 aromatic heterocycles. The molecule has 6 nitrogen and oxygen atoms in total. The third kappa shape index (κ3) is 4.90. The Balaban J connectivity index is 1.31. The Hall–Kier alpha value is -3.41. The van der Waals surface area contributed by atoms with Gasteiger partial charge in [0.15, 0.2) is 12.4 Å². The van der Waals surface area contributed by atoms with Crippen LogP contribution in [0.2, 0.25) is 0 Å².